The highest BCUT2D eigenvalue weighted by Crippen LogP contribution is 2.15. The molecule has 0 radical (unpaired) electrons. The lowest BCUT2D eigenvalue weighted by atomic mass is 10.2. The summed E-state index contributed by atoms with van der Waals surface area (Å²) in [6.45, 7) is 1.78. The molecular weight excluding hydrogens is 287 g/mol. The number of sulfonamides is 1. The molecule has 0 heterocycles. The minimum absolute atomic E-state index is 0.0305. The maximum absolute atomic E-state index is 13.3. The predicted octanol–water partition coefficient (Wildman–Crippen LogP) is 1.70. The molecule has 0 aliphatic carbocycles. The van der Waals surface area contributed by atoms with Crippen LogP contribution < -0.4 is 10.5 Å². The van der Waals surface area contributed by atoms with Gasteiger partial charge >= 0.3 is 0 Å². The lowest BCUT2D eigenvalue weighted by Gasteiger charge is -2.14. The van der Waals surface area contributed by atoms with Crippen LogP contribution in [-0.2, 0) is 16.6 Å². The van der Waals surface area contributed by atoms with Gasteiger partial charge in [0, 0.05) is 18.2 Å². The number of hydrogen-bond acceptors (Lipinski definition) is 4. The summed E-state index contributed by atoms with van der Waals surface area (Å²) in [7, 11) is -3.62. The van der Waals surface area contributed by atoms with E-state index in [-0.39, 0.29) is 23.0 Å². The molecule has 0 saturated carbocycles. The van der Waals surface area contributed by atoms with E-state index in [1.807, 2.05) is 6.26 Å². The Hall–Kier alpha value is -0.630. The zero-order valence-corrected chi connectivity index (χ0v) is 12.7. The van der Waals surface area contributed by atoms with Gasteiger partial charge in [0.2, 0.25) is 10.0 Å². The van der Waals surface area contributed by atoms with Crippen LogP contribution in [0.25, 0.3) is 0 Å². The summed E-state index contributed by atoms with van der Waals surface area (Å²) in [5.41, 5.74) is 5.57. The van der Waals surface area contributed by atoms with E-state index in [0.29, 0.717) is 0 Å². The minimum Gasteiger partial charge on any atom is -0.326 e. The Morgan fingerprint density at radius 2 is 2.16 bits per heavy atom. The molecular formula is C12H19FN2O2S2. The summed E-state index contributed by atoms with van der Waals surface area (Å²) in [6, 6.07) is 3.49. The van der Waals surface area contributed by atoms with Gasteiger partial charge in [-0.1, -0.05) is 0 Å². The third kappa shape index (κ3) is 4.76. The van der Waals surface area contributed by atoms with Crippen LogP contribution in [0.3, 0.4) is 0 Å². The zero-order chi connectivity index (χ0) is 14.5. The fourth-order valence-electron chi connectivity index (χ4n) is 1.56. The van der Waals surface area contributed by atoms with Crippen molar-refractivity contribution in [2.24, 2.45) is 5.73 Å². The molecule has 7 heteroatoms. The van der Waals surface area contributed by atoms with Crippen molar-refractivity contribution in [2.75, 3.05) is 12.0 Å². The molecule has 1 aromatic carbocycles. The molecule has 1 rings (SSSR count). The molecule has 108 valence electrons. The summed E-state index contributed by atoms with van der Waals surface area (Å²) in [5.74, 6) is 0.387. The van der Waals surface area contributed by atoms with Crippen LogP contribution >= 0.6 is 11.8 Å². The maximum atomic E-state index is 13.3. The fraction of sp³-hybridized carbons (Fsp3) is 0.500. The Bertz CT molecular complexity index is 520. The number of hydrogen-bond donors (Lipinski definition) is 2. The lowest BCUT2D eigenvalue weighted by Crippen LogP contribution is -2.33. The van der Waals surface area contributed by atoms with Gasteiger partial charge in [-0.3, -0.25) is 0 Å². The van der Waals surface area contributed by atoms with Crippen LogP contribution in [0, 0.1) is 5.82 Å². The quantitative estimate of drug-likeness (QED) is 0.804. The summed E-state index contributed by atoms with van der Waals surface area (Å²) < 4.78 is 40.1. The summed E-state index contributed by atoms with van der Waals surface area (Å²) in [6.07, 6.45) is 2.71. The molecule has 0 bridgehead atoms. The molecule has 1 aromatic rings. The standard InChI is InChI=1S/C12H19FN2O2S2/c1-9(5-6-18-2)15-19(16,17)11-3-4-12(13)10(7-11)8-14/h3-4,7,9,15H,5-6,8,14H2,1-2H3. The van der Waals surface area contributed by atoms with Gasteiger partial charge in [0.05, 0.1) is 4.90 Å². The van der Waals surface area contributed by atoms with Crippen molar-refractivity contribution < 1.29 is 12.8 Å². The SMILES string of the molecule is CSCCC(C)NS(=O)(=O)c1ccc(F)c(CN)c1. The van der Waals surface area contributed by atoms with Gasteiger partial charge in [-0.15, -0.1) is 0 Å². The van der Waals surface area contributed by atoms with E-state index in [1.165, 1.54) is 12.1 Å². The molecule has 0 saturated heterocycles. The molecule has 0 spiro atoms. The molecule has 4 nitrogen and oxygen atoms in total. The Labute approximate surface area is 118 Å². The number of nitrogens with one attached hydrogen (secondary N) is 1. The minimum atomic E-state index is -3.62. The first-order valence-electron chi connectivity index (χ1n) is 5.90. The largest absolute Gasteiger partial charge is 0.326 e. The smallest absolute Gasteiger partial charge is 0.240 e. The Morgan fingerprint density at radius 1 is 1.47 bits per heavy atom. The van der Waals surface area contributed by atoms with Gasteiger partial charge in [0.15, 0.2) is 0 Å². The summed E-state index contributed by atoms with van der Waals surface area (Å²) in [5, 5.41) is 0. The monoisotopic (exact) mass is 306 g/mol. The molecule has 0 fully saturated rings. The number of benzene rings is 1. The summed E-state index contributed by atoms with van der Waals surface area (Å²) >= 11 is 1.66. The summed E-state index contributed by atoms with van der Waals surface area (Å²) in [4.78, 5) is 0.0466. The van der Waals surface area contributed by atoms with E-state index in [0.717, 1.165) is 18.2 Å². The molecule has 1 unspecified atom stereocenters. The average Bonchev–Trinajstić information content (AvgIpc) is 2.36. The number of rotatable bonds is 7. The zero-order valence-electron chi connectivity index (χ0n) is 11.0. The first-order valence-corrected chi connectivity index (χ1v) is 8.78. The third-order valence-electron chi connectivity index (χ3n) is 2.66. The van der Waals surface area contributed by atoms with Crippen molar-refractivity contribution >= 4 is 21.8 Å². The molecule has 19 heavy (non-hydrogen) atoms. The fourth-order valence-corrected chi connectivity index (χ4v) is 3.48. The first-order chi connectivity index (χ1) is 8.90. The Balaban J connectivity index is 2.88. The van der Waals surface area contributed by atoms with E-state index in [9.17, 15) is 12.8 Å². The second kappa shape index (κ2) is 7.23. The first kappa shape index (κ1) is 16.4. The van der Waals surface area contributed by atoms with Crippen LogP contribution in [0.2, 0.25) is 0 Å². The van der Waals surface area contributed by atoms with Crippen LogP contribution in [0.1, 0.15) is 18.9 Å². The van der Waals surface area contributed by atoms with E-state index in [2.05, 4.69) is 4.72 Å². The second-order valence-corrected chi connectivity index (χ2v) is 6.96. The van der Waals surface area contributed by atoms with Crippen molar-refractivity contribution in [1.82, 2.24) is 4.72 Å². The number of nitrogens with two attached hydrogens (primary N) is 1. The topological polar surface area (TPSA) is 72.2 Å². The molecule has 0 aliphatic rings. The number of thioether (sulfide) groups is 1. The molecule has 0 aliphatic heterocycles. The highest BCUT2D eigenvalue weighted by molar-refractivity contribution is 7.98. The molecule has 0 amide bonds. The average molecular weight is 306 g/mol. The van der Waals surface area contributed by atoms with Crippen molar-refractivity contribution in [1.29, 1.82) is 0 Å². The molecule has 0 aromatic heterocycles. The van der Waals surface area contributed by atoms with Crippen molar-refractivity contribution in [2.45, 2.75) is 30.8 Å². The highest BCUT2D eigenvalue weighted by Gasteiger charge is 2.18. The predicted molar refractivity (Wildman–Crippen MR) is 77.1 cm³/mol. The van der Waals surface area contributed by atoms with Crippen LogP contribution in [0.4, 0.5) is 4.39 Å². The van der Waals surface area contributed by atoms with Gasteiger partial charge in [-0.05, 0) is 43.6 Å². The Kier molecular flexibility index (Phi) is 6.25. The van der Waals surface area contributed by atoms with Gasteiger partial charge in [-0.25, -0.2) is 17.5 Å². The third-order valence-corrected chi connectivity index (χ3v) is 4.89. The Morgan fingerprint density at radius 3 is 2.74 bits per heavy atom. The van der Waals surface area contributed by atoms with Crippen LogP contribution in [0.15, 0.2) is 23.1 Å². The maximum Gasteiger partial charge on any atom is 0.240 e. The van der Waals surface area contributed by atoms with E-state index >= 15 is 0 Å². The lowest BCUT2D eigenvalue weighted by molar-refractivity contribution is 0.556. The van der Waals surface area contributed by atoms with Crippen LogP contribution in [0.5, 0.6) is 0 Å². The highest BCUT2D eigenvalue weighted by atomic mass is 32.2. The van der Waals surface area contributed by atoms with E-state index in [1.54, 1.807) is 18.7 Å². The van der Waals surface area contributed by atoms with Gasteiger partial charge in [0.1, 0.15) is 5.82 Å². The normalized spacial score (nSPS) is 13.5. The van der Waals surface area contributed by atoms with E-state index < -0.39 is 15.8 Å². The number of halogens is 1. The molecule has 3 N–H and O–H groups in total. The van der Waals surface area contributed by atoms with Crippen molar-refractivity contribution in [3.63, 3.8) is 0 Å². The van der Waals surface area contributed by atoms with Gasteiger partial charge < -0.3 is 5.73 Å². The van der Waals surface area contributed by atoms with Crippen LogP contribution in [-0.4, -0.2) is 26.5 Å². The van der Waals surface area contributed by atoms with Gasteiger partial charge in [0.25, 0.3) is 0 Å². The van der Waals surface area contributed by atoms with E-state index in [4.69, 9.17) is 5.73 Å². The second-order valence-electron chi connectivity index (χ2n) is 4.26. The van der Waals surface area contributed by atoms with Crippen molar-refractivity contribution in [3.8, 4) is 0 Å². The van der Waals surface area contributed by atoms with Crippen molar-refractivity contribution in [3.05, 3.63) is 29.6 Å². The molecule has 1 atom stereocenters. The van der Waals surface area contributed by atoms with Gasteiger partial charge in [-0.2, -0.15) is 11.8 Å².